The molecule has 1 saturated carbocycles. The summed E-state index contributed by atoms with van der Waals surface area (Å²) in [6.07, 6.45) is 3.82. The monoisotopic (exact) mass is 210 g/mol. The Morgan fingerprint density at radius 3 is 2.60 bits per heavy atom. The van der Waals surface area contributed by atoms with Crippen LogP contribution in [0.3, 0.4) is 0 Å². The molecule has 84 valence electrons. The Hall–Kier alpha value is -1.06. The fraction of sp³-hybridized carbons (Fsp3) is 0.818. The number of likely N-dealkylation sites (N-methyl/N-ethyl adjacent to an activating group) is 1. The molecule has 2 aliphatic rings. The van der Waals surface area contributed by atoms with Gasteiger partial charge in [0.2, 0.25) is 11.8 Å². The minimum absolute atomic E-state index is 0.0239. The standard InChI is InChI=1S/C11H18N2O2/c1-3-4-8-10(14)12-9(7-5-6-7)11(15)13(8)2/h7-9H,3-6H2,1-2H3,(H,12,14). The third-order valence-corrected chi connectivity index (χ3v) is 3.34. The van der Waals surface area contributed by atoms with Crippen molar-refractivity contribution in [3.05, 3.63) is 0 Å². The van der Waals surface area contributed by atoms with Gasteiger partial charge in [-0.1, -0.05) is 13.3 Å². The molecule has 0 aromatic rings. The molecule has 15 heavy (non-hydrogen) atoms. The molecule has 1 saturated heterocycles. The van der Waals surface area contributed by atoms with Crippen molar-refractivity contribution < 1.29 is 9.59 Å². The summed E-state index contributed by atoms with van der Waals surface area (Å²) in [5, 5.41) is 2.86. The van der Waals surface area contributed by atoms with E-state index in [1.807, 2.05) is 6.92 Å². The lowest BCUT2D eigenvalue weighted by Crippen LogP contribution is -2.62. The van der Waals surface area contributed by atoms with E-state index in [1.165, 1.54) is 0 Å². The fourth-order valence-electron chi connectivity index (χ4n) is 2.21. The van der Waals surface area contributed by atoms with Crippen LogP contribution < -0.4 is 5.32 Å². The van der Waals surface area contributed by atoms with Gasteiger partial charge in [0.15, 0.2) is 0 Å². The Bertz CT molecular complexity index is 286. The molecule has 0 spiro atoms. The van der Waals surface area contributed by atoms with Crippen molar-refractivity contribution in [1.82, 2.24) is 10.2 Å². The highest BCUT2D eigenvalue weighted by Crippen LogP contribution is 2.35. The second kappa shape index (κ2) is 3.83. The van der Waals surface area contributed by atoms with Gasteiger partial charge in [0.25, 0.3) is 0 Å². The van der Waals surface area contributed by atoms with Crippen molar-refractivity contribution in [3.63, 3.8) is 0 Å². The van der Waals surface area contributed by atoms with E-state index < -0.39 is 0 Å². The van der Waals surface area contributed by atoms with Crippen molar-refractivity contribution in [2.75, 3.05) is 7.05 Å². The van der Waals surface area contributed by atoms with E-state index in [0.717, 1.165) is 25.7 Å². The summed E-state index contributed by atoms with van der Waals surface area (Å²) in [6, 6.07) is -0.492. The molecule has 1 aliphatic carbocycles. The van der Waals surface area contributed by atoms with E-state index in [1.54, 1.807) is 11.9 Å². The lowest BCUT2D eigenvalue weighted by atomic mass is 10.0. The van der Waals surface area contributed by atoms with Crippen molar-refractivity contribution in [3.8, 4) is 0 Å². The number of carbonyl (C=O) groups is 2. The molecule has 2 fully saturated rings. The van der Waals surface area contributed by atoms with Gasteiger partial charge in [0, 0.05) is 7.05 Å². The third-order valence-electron chi connectivity index (χ3n) is 3.34. The molecule has 4 heteroatoms. The normalized spacial score (nSPS) is 31.7. The van der Waals surface area contributed by atoms with Gasteiger partial charge in [-0.15, -0.1) is 0 Å². The van der Waals surface area contributed by atoms with E-state index in [4.69, 9.17) is 0 Å². The maximum Gasteiger partial charge on any atom is 0.245 e. The van der Waals surface area contributed by atoms with Crippen molar-refractivity contribution in [1.29, 1.82) is 0 Å². The summed E-state index contributed by atoms with van der Waals surface area (Å²) in [4.78, 5) is 25.4. The predicted molar refractivity (Wildman–Crippen MR) is 56.1 cm³/mol. The van der Waals surface area contributed by atoms with Crippen molar-refractivity contribution in [2.45, 2.75) is 44.7 Å². The first-order chi connectivity index (χ1) is 7.15. The summed E-state index contributed by atoms with van der Waals surface area (Å²) in [7, 11) is 1.75. The minimum atomic E-state index is -0.252. The van der Waals surface area contributed by atoms with Crippen molar-refractivity contribution in [2.24, 2.45) is 5.92 Å². The van der Waals surface area contributed by atoms with E-state index in [9.17, 15) is 9.59 Å². The minimum Gasteiger partial charge on any atom is -0.342 e. The van der Waals surface area contributed by atoms with Gasteiger partial charge < -0.3 is 10.2 Å². The Labute approximate surface area is 90.0 Å². The molecule has 0 bridgehead atoms. The number of piperazine rings is 1. The first-order valence-corrected chi connectivity index (χ1v) is 5.72. The molecule has 1 heterocycles. The SMILES string of the molecule is CCCC1C(=O)NC(C2CC2)C(=O)N1C. The molecule has 0 aromatic heterocycles. The number of nitrogens with one attached hydrogen (secondary N) is 1. The average Bonchev–Trinajstić information content (AvgIpc) is 3.02. The second-order valence-corrected chi connectivity index (χ2v) is 4.58. The van der Waals surface area contributed by atoms with Crippen LogP contribution in [0, 0.1) is 5.92 Å². The van der Waals surface area contributed by atoms with Gasteiger partial charge in [-0.05, 0) is 25.2 Å². The molecule has 1 N–H and O–H groups in total. The summed E-state index contributed by atoms with van der Waals surface area (Å²) in [5.41, 5.74) is 0. The van der Waals surface area contributed by atoms with E-state index in [0.29, 0.717) is 5.92 Å². The van der Waals surface area contributed by atoms with Gasteiger partial charge >= 0.3 is 0 Å². The highest BCUT2D eigenvalue weighted by Gasteiger charge is 2.45. The second-order valence-electron chi connectivity index (χ2n) is 4.58. The Kier molecular flexibility index (Phi) is 2.67. The number of carbonyl (C=O) groups excluding carboxylic acids is 2. The largest absolute Gasteiger partial charge is 0.342 e. The predicted octanol–water partition coefficient (Wildman–Crippen LogP) is 0.522. The zero-order valence-corrected chi connectivity index (χ0v) is 9.32. The quantitative estimate of drug-likeness (QED) is 0.738. The average molecular weight is 210 g/mol. The van der Waals surface area contributed by atoms with Gasteiger partial charge in [0.05, 0.1) is 0 Å². The third kappa shape index (κ3) is 1.85. The van der Waals surface area contributed by atoms with Crippen LogP contribution in [0.1, 0.15) is 32.6 Å². The van der Waals surface area contributed by atoms with Crippen LogP contribution >= 0.6 is 0 Å². The van der Waals surface area contributed by atoms with E-state index in [2.05, 4.69) is 5.32 Å². The molecule has 2 amide bonds. The van der Waals surface area contributed by atoms with Crippen LogP contribution in [-0.4, -0.2) is 35.8 Å². The van der Waals surface area contributed by atoms with E-state index in [-0.39, 0.29) is 23.9 Å². The molecule has 1 aliphatic heterocycles. The maximum absolute atomic E-state index is 11.9. The lowest BCUT2D eigenvalue weighted by Gasteiger charge is -2.36. The zero-order chi connectivity index (χ0) is 11.0. The topological polar surface area (TPSA) is 49.4 Å². The Balaban J connectivity index is 2.08. The van der Waals surface area contributed by atoms with Crippen molar-refractivity contribution >= 4 is 11.8 Å². The van der Waals surface area contributed by atoms with Crippen LogP contribution in [-0.2, 0) is 9.59 Å². The molecule has 2 rings (SSSR count). The zero-order valence-electron chi connectivity index (χ0n) is 9.32. The van der Waals surface area contributed by atoms with Crippen LogP contribution in [0.15, 0.2) is 0 Å². The molecule has 0 aromatic carbocycles. The highest BCUT2D eigenvalue weighted by molar-refractivity contribution is 5.97. The number of rotatable bonds is 3. The van der Waals surface area contributed by atoms with Crippen LogP contribution in [0.5, 0.6) is 0 Å². The Morgan fingerprint density at radius 1 is 1.40 bits per heavy atom. The van der Waals surface area contributed by atoms with Gasteiger partial charge in [0.1, 0.15) is 12.1 Å². The van der Waals surface area contributed by atoms with Crippen LogP contribution in [0.4, 0.5) is 0 Å². The number of hydrogen-bond donors (Lipinski definition) is 1. The summed E-state index contributed by atoms with van der Waals surface area (Å²) in [6.45, 7) is 2.03. The van der Waals surface area contributed by atoms with E-state index >= 15 is 0 Å². The molecule has 2 atom stereocenters. The van der Waals surface area contributed by atoms with Gasteiger partial charge in [-0.25, -0.2) is 0 Å². The smallest absolute Gasteiger partial charge is 0.245 e. The lowest BCUT2D eigenvalue weighted by molar-refractivity contribution is -0.148. The fourth-order valence-corrected chi connectivity index (χ4v) is 2.21. The summed E-state index contributed by atoms with van der Waals surface area (Å²) < 4.78 is 0. The molecule has 2 unspecified atom stereocenters. The molecule has 0 radical (unpaired) electrons. The highest BCUT2D eigenvalue weighted by atomic mass is 16.2. The number of hydrogen-bond acceptors (Lipinski definition) is 2. The van der Waals surface area contributed by atoms with Crippen LogP contribution in [0.2, 0.25) is 0 Å². The number of amides is 2. The molecular formula is C11H18N2O2. The summed E-state index contributed by atoms with van der Waals surface area (Å²) in [5.74, 6) is 0.512. The maximum atomic E-state index is 11.9. The van der Waals surface area contributed by atoms with Gasteiger partial charge in [-0.3, -0.25) is 9.59 Å². The first-order valence-electron chi connectivity index (χ1n) is 5.72. The molecular weight excluding hydrogens is 192 g/mol. The molecule has 4 nitrogen and oxygen atoms in total. The summed E-state index contributed by atoms with van der Waals surface area (Å²) >= 11 is 0. The van der Waals surface area contributed by atoms with Crippen LogP contribution in [0.25, 0.3) is 0 Å². The first kappa shape index (κ1) is 10.5. The Morgan fingerprint density at radius 2 is 2.07 bits per heavy atom. The van der Waals surface area contributed by atoms with Gasteiger partial charge in [-0.2, -0.15) is 0 Å². The number of nitrogens with zero attached hydrogens (tertiary/aromatic N) is 1.